The number of hydrogen-bond donors (Lipinski definition) is 1. The number of aromatic nitrogens is 2. The van der Waals surface area contributed by atoms with Gasteiger partial charge in [-0.05, 0) is 12.1 Å². The Morgan fingerprint density at radius 3 is 2.71 bits per heavy atom. The largest absolute Gasteiger partial charge is 0.259 e. The van der Waals surface area contributed by atoms with Crippen LogP contribution in [0.2, 0.25) is 0 Å². The molecule has 3 rings (SSSR count). The number of rotatable bonds is 1. The summed E-state index contributed by atoms with van der Waals surface area (Å²) < 4.78 is 0. The predicted octanol–water partition coefficient (Wildman–Crippen LogP) is 1.96. The Labute approximate surface area is 81.2 Å². The maximum absolute atomic E-state index is 4.25. The maximum Gasteiger partial charge on any atom is 0.244 e. The molecule has 2 heterocycles. The van der Waals surface area contributed by atoms with Gasteiger partial charge in [-0.3, -0.25) is 5.43 Å². The molecular formula is C10H8N4. The van der Waals surface area contributed by atoms with Crippen molar-refractivity contribution in [3.63, 3.8) is 0 Å². The molecule has 4 heteroatoms. The van der Waals surface area contributed by atoms with Crippen LogP contribution in [0.1, 0.15) is 0 Å². The normalized spacial score (nSPS) is 12.7. The highest BCUT2D eigenvalue weighted by Crippen LogP contribution is 2.27. The highest BCUT2D eigenvalue weighted by atomic mass is 15.6. The number of hydrazine groups is 1. The Kier molecular flexibility index (Phi) is 1.41. The molecule has 1 aromatic heterocycles. The van der Waals surface area contributed by atoms with Crippen LogP contribution >= 0.6 is 0 Å². The van der Waals surface area contributed by atoms with E-state index >= 15 is 0 Å². The van der Waals surface area contributed by atoms with Crippen LogP contribution in [0, 0.1) is 0 Å². The second kappa shape index (κ2) is 2.70. The smallest absolute Gasteiger partial charge is 0.244 e. The van der Waals surface area contributed by atoms with E-state index in [0.717, 1.165) is 11.5 Å². The zero-order chi connectivity index (χ0) is 9.38. The quantitative estimate of drug-likeness (QED) is 0.735. The van der Waals surface area contributed by atoms with E-state index in [2.05, 4.69) is 15.4 Å². The van der Waals surface area contributed by atoms with Gasteiger partial charge in [-0.15, -0.1) is 0 Å². The molecule has 0 amide bonds. The Morgan fingerprint density at radius 2 is 1.93 bits per heavy atom. The Morgan fingerprint density at radius 1 is 1.07 bits per heavy atom. The molecule has 14 heavy (non-hydrogen) atoms. The summed E-state index contributed by atoms with van der Waals surface area (Å²) in [6, 6.07) is 11.9. The van der Waals surface area contributed by atoms with Gasteiger partial charge in [-0.2, -0.15) is 4.98 Å². The maximum atomic E-state index is 4.25. The zero-order valence-electron chi connectivity index (χ0n) is 7.38. The van der Waals surface area contributed by atoms with Crippen LogP contribution in [0.5, 0.6) is 0 Å². The van der Waals surface area contributed by atoms with Crippen molar-refractivity contribution in [3.8, 4) is 0 Å². The average molecular weight is 184 g/mol. The summed E-state index contributed by atoms with van der Waals surface area (Å²) in [6.45, 7) is 0. The first-order chi connectivity index (χ1) is 6.93. The van der Waals surface area contributed by atoms with E-state index in [9.17, 15) is 0 Å². The molecule has 1 aliphatic heterocycles. The summed E-state index contributed by atoms with van der Waals surface area (Å²) in [5.74, 6) is 1.52. The van der Waals surface area contributed by atoms with E-state index in [1.54, 1.807) is 6.20 Å². The monoisotopic (exact) mass is 184 g/mol. The number of fused-ring (bicyclic) bond motifs is 2. The van der Waals surface area contributed by atoms with Crippen LogP contribution in [0.15, 0.2) is 42.6 Å². The van der Waals surface area contributed by atoms with Crippen LogP contribution in [-0.2, 0) is 0 Å². The van der Waals surface area contributed by atoms with Crippen LogP contribution < -0.4 is 10.4 Å². The van der Waals surface area contributed by atoms with E-state index in [0.29, 0.717) is 5.95 Å². The average Bonchev–Trinajstić information content (AvgIpc) is 2.55. The van der Waals surface area contributed by atoms with Crippen LogP contribution in [0.4, 0.5) is 17.5 Å². The summed E-state index contributed by atoms with van der Waals surface area (Å²) >= 11 is 0. The second-order valence-corrected chi connectivity index (χ2v) is 3.02. The molecular weight excluding hydrogens is 176 g/mol. The minimum absolute atomic E-state index is 0.645. The van der Waals surface area contributed by atoms with Crippen molar-refractivity contribution in [2.45, 2.75) is 0 Å². The Hall–Kier alpha value is -2.10. The van der Waals surface area contributed by atoms with Crippen LogP contribution in [0.25, 0.3) is 0 Å². The molecule has 1 aromatic carbocycles. The van der Waals surface area contributed by atoms with Gasteiger partial charge in [0, 0.05) is 12.3 Å². The van der Waals surface area contributed by atoms with Gasteiger partial charge in [0.25, 0.3) is 0 Å². The number of nitrogens with one attached hydrogen (secondary N) is 1. The fourth-order valence-electron chi connectivity index (χ4n) is 1.46. The highest BCUT2D eigenvalue weighted by Gasteiger charge is 2.18. The van der Waals surface area contributed by atoms with Gasteiger partial charge in [0.2, 0.25) is 5.95 Å². The predicted molar refractivity (Wildman–Crippen MR) is 54.2 cm³/mol. The molecule has 4 nitrogen and oxygen atoms in total. The number of para-hydroxylation sites is 1. The summed E-state index contributed by atoms with van der Waals surface area (Å²) in [5, 5.41) is 1.91. The Bertz CT molecular complexity index is 455. The number of nitrogens with zero attached hydrogens (tertiary/aromatic N) is 3. The molecule has 1 aliphatic rings. The van der Waals surface area contributed by atoms with Gasteiger partial charge < -0.3 is 0 Å². The van der Waals surface area contributed by atoms with Crippen LogP contribution in [-0.4, -0.2) is 9.97 Å². The molecule has 0 atom stereocenters. The SMILES string of the molecule is c1ccc(N2Nc3nccc2n3)cc1. The van der Waals surface area contributed by atoms with Gasteiger partial charge in [-0.25, -0.2) is 9.99 Å². The molecule has 0 aliphatic carbocycles. The summed E-state index contributed by atoms with van der Waals surface area (Å²) in [6.07, 6.45) is 1.74. The van der Waals surface area contributed by atoms with Crippen LogP contribution in [0.3, 0.4) is 0 Å². The first-order valence-electron chi connectivity index (χ1n) is 4.38. The van der Waals surface area contributed by atoms with Crippen molar-refractivity contribution in [2.24, 2.45) is 0 Å². The van der Waals surface area contributed by atoms with Gasteiger partial charge in [0.05, 0.1) is 5.69 Å². The third kappa shape index (κ3) is 1.01. The summed E-state index contributed by atoms with van der Waals surface area (Å²) in [7, 11) is 0. The molecule has 0 saturated carbocycles. The number of anilines is 3. The molecule has 0 spiro atoms. The van der Waals surface area contributed by atoms with Gasteiger partial charge >= 0.3 is 0 Å². The van der Waals surface area contributed by atoms with Crippen molar-refractivity contribution in [2.75, 3.05) is 10.4 Å². The fraction of sp³-hybridized carbons (Fsp3) is 0. The minimum atomic E-state index is 0.645. The van der Waals surface area contributed by atoms with E-state index in [-0.39, 0.29) is 0 Å². The molecule has 1 N–H and O–H groups in total. The Balaban J connectivity index is 2.03. The van der Waals surface area contributed by atoms with E-state index < -0.39 is 0 Å². The molecule has 2 aromatic rings. The number of benzene rings is 1. The van der Waals surface area contributed by atoms with E-state index in [4.69, 9.17) is 0 Å². The summed E-state index contributed by atoms with van der Waals surface area (Å²) in [5.41, 5.74) is 4.14. The zero-order valence-corrected chi connectivity index (χ0v) is 7.38. The highest BCUT2D eigenvalue weighted by molar-refractivity contribution is 5.67. The molecule has 0 saturated heterocycles. The van der Waals surface area contributed by atoms with Gasteiger partial charge in [0.1, 0.15) is 0 Å². The fourth-order valence-corrected chi connectivity index (χ4v) is 1.46. The first-order valence-corrected chi connectivity index (χ1v) is 4.38. The lowest BCUT2D eigenvalue weighted by atomic mass is 10.3. The molecule has 68 valence electrons. The van der Waals surface area contributed by atoms with E-state index in [1.807, 2.05) is 41.4 Å². The van der Waals surface area contributed by atoms with Gasteiger partial charge in [0.15, 0.2) is 5.82 Å². The molecule has 0 unspecified atom stereocenters. The van der Waals surface area contributed by atoms with Crippen molar-refractivity contribution in [1.29, 1.82) is 0 Å². The third-order valence-corrected chi connectivity index (χ3v) is 2.10. The third-order valence-electron chi connectivity index (χ3n) is 2.10. The summed E-state index contributed by atoms with van der Waals surface area (Å²) in [4.78, 5) is 8.31. The standard InChI is InChI=1S/C10H8N4/c1-2-4-8(5-3-1)14-9-6-7-11-10(12-9)13-14/h1-7H,(H,11,12,13). The van der Waals surface area contributed by atoms with Crippen molar-refractivity contribution in [3.05, 3.63) is 42.6 Å². The van der Waals surface area contributed by atoms with E-state index in [1.165, 1.54) is 0 Å². The number of hydrogen-bond acceptors (Lipinski definition) is 4. The molecule has 2 bridgehead atoms. The second-order valence-electron chi connectivity index (χ2n) is 3.02. The minimum Gasteiger partial charge on any atom is -0.259 e. The van der Waals surface area contributed by atoms with Crippen molar-refractivity contribution in [1.82, 2.24) is 9.97 Å². The lowest BCUT2D eigenvalue weighted by molar-refractivity contribution is 1.20. The topological polar surface area (TPSA) is 41.0 Å². The lowest BCUT2D eigenvalue weighted by Crippen LogP contribution is -2.19. The lowest BCUT2D eigenvalue weighted by Gasteiger charge is -2.16. The molecule has 0 fully saturated rings. The first kappa shape index (κ1) is 7.32. The van der Waals surface area contributed by atoms with Crippen molar-refractivity contribution < 1.29 is 0 Å². The van der Waals surface area contributed by atoms with Gasteiger partial charge in [-0.1, -0.05) is 18.2 Å². The van der Waals surface area contributed by atoms with Crippen molar-refractivity contribution >= 4 is 17.5 Å². The molecule has 0 radical (unpaired) electrons.